The molecular formula is C16H25N3O2S. The summed E-state index contributed by atoms with van der Waals surface area (Å²) in [6.07, 6.45) is 4.55. The number of hydrogen-bond acceptors (Lipinski definition) is 4. The van der Waals surface area contributed by atoms with Crippen LogP contribution in [-0.2, 0) is 10.0 Å². The predicted octanol–water partition coefficient (Wildman–Crippen LogP) is 1.77. The molecule has 2 heterocycles. The second-order valence-corrected chi connectivity index (χ2v) is 8.36. The van der Waals surface area contributed by atoms with Crippen LogP contribution in [-0.4, -0.2) is 50.3 Å². The summed E-state index contributed by atoms with van der Waals surface area (Å²) in [5.74, 6) is 0.635. The van der Waals surface area contributed by atoms with E-state index in [1.807, 2.05) is 0 Å². The first-order chi connectivity index (χ1) is 10.6. The van der Waals surface area contributed by atoms with E-state index in [-0.39, 0.29) is 0 Å². The van der Waals surface area contributed by atoms with Gasteiger partial charge in [-0.25, -0.2) is 8.42 Å². The highest BCUT2D eigenvalue weighted by atomic mass is 32.2. The summed E-state index contributed by atoms with van der Waals surface area (Å²) in [6, 6.07) is 6.49. The Balaban J connectivity index is 1.59. The fraction of sp³-hybridized carbons (Fsp3) is 0.625. The van der Waals surface area contributed by atoms with Crippen LogP contribution in [0.3, 0.4) is 0 Å². The number of rotatable bonds is 4. The fourth-order valence-corrected chi connectivity index (χ4v) is 4.92. The molecule has 2 saturated heterocycles. The number of hydrogen-bond donors (Lipinski definition) is 1. The summed E-state index contributed by atoms with van der Waals surface area (Å²) in [5.41, 5.74) is 6.22. The van der Waals surface area contributed by atoms with Crippen LogP contribution in [0.25, 0.3) is 0 Å². The molecule has 1 aromatic carbocycles. The first-order valence-corrected chi connectivity index (χ1v) is 9.58. The average Bonchev–Trinajstić information content (AvgIpc) is 3.01. The number of piperidine rings is 1. The molecule has 0 bridgehead atoms. The molecule has 122 valence electrons. The molecule has 5 nitrogen and oxygen atoms in total. The number of likely N-dealkylation sites (tertiary alicyclic amines) is 1. The summed E-state index contributed by atoms with van der Waals surface area (Å²) >= 11 is 0. The van der Waals surface area contributed by atoms with Gasteiger partial charge in [0, 0.05) is 25.3 Å². The second kappa shape index (κ2) is 6.56. The van der Waals surface area contributed by atoms with Gasteiger partial charge in [0.05, 0.1) is 4.90 Å². The van der Waals surface area contributed by atoms with Gasteiger partial charge in [-0.15, -0.1) is 0 Å². The smallest absolute Gasteiger partial charge is 0.243 e. The lowest BCUT2D eigenvalue weighted by atomic mass is 9.98. The zero-order chi connectivity index (χ0) is 15.6. The SMILES string of the molecule is Nc1ccc(S(=O)(=O)N2CCC(CN3CCCC3)CC2)cc1. The molecule has 2 aliphatic heterocycles. The minimum Gasteiger partial charge on any atom is -0.399 e. The van der Waals surface area contributed by atoms with E-state index in [4.69, 9.17) is 5.73 Å². The van der Waals surface area contributed by atoms with Crippen molar-refractivity contribution >= 4 is 15.7 Å². The highest BCUT2D eigenvalue weighted by molar-refractivity contribution is 7.89. The Kier molecular flexibility index (Phi) is 4.70. The minimum absolute atomic E-state index is 0.347. The minimum atomic E-state index is -3.37. The van der Waals surface area contributed by atoms with Gasteiger partial charge < -0.3 is 10.6 Å². The Hall–Kier alpha value is -1.11. The van der Waals surface area contributed by atoms with Gasteiger partial charge in [-0.2, -0.15) is 4.31 Å². The zero-order valence-electron chi connectivity index (χ0n) is 12.9. The molecule has 1 aromatic rings. The zero-order valence-corrected chi connectivity index (χ0v) is 13.8. The number of anilines is 1. The van der Waals surface area contributed by atoms with Crippen molar-refractivity contribution in [3.8, 4) is 0 Å². The maximum Gasteiger partial charge on any atom is 0.243 e. The van der Waals surface area contributed by atoms with Crippen molar-refractivity contribution in [2.45, 2.75) is 30.6 Å². The molecule has 0 aromatic heterocycles. The highest BCUT2D eigenvalue weighted by Crippen LogP contribution is 2.25. The van der Waals surface area contributed by atoms with Crippen LogP contribution in [0.2, 0.25) is 0 Å². The van der Waals surface area contributed by atoms with Crippen molar-refractivity contribution in [2.75, 3.05) is 38.5 Å². The molecule has 22 heavy (non-hydrogen) atoms. The normalized spacial score (nSPS) is 22.2. The van der Waals surface area contributed by atoms with Crippen LogP contribution < -0.4 is 5.73 Å². The Labute approximate surface area is 133 Å². The van der Waals surface area contributed by atoms with Gasteiger partial charge in [0.2, 0.25) is 10.0 Å². The summed E-state index contributed by atoms with van der Waals surface area (Å²) in [4.78, 5) is 2.87. The largest absolute Gasteiger partial charge is 0.399 e. The first kappa shape index (κ1) is 15.8. The van der Waals surface area contributed by atoms with Crippen LogP contribution in [0.4, 0.5) is 5.69 Å². The Morgan fingerprint density at radius 1 is 1.00 bits per heavy atom. The molecule has 2 aliphatic rings. The van der Waals surface area contributed by atoms with E-state index >= 15 is 0 Å². The molecule has 0 amide bonds. The lowest BCUT2D eigenvalue weighted by Gasteiger charge is -2.33. The molecule has 0 aliphatic carbocycles. The van der Waals surface area contributed by atoms with Crippen molar-refractivity contribution < 1.29 is 8.42 Å². The molecule has 0 atom stereocenters. The topological polar surface area (TPSA) is 66.6 Å². The van der Waals surface area contributed by atoms with Crippen LogP contribution in [0.5, 0.6) is 0 Å². The lowest BCUT2D eigenvalue weighted by molar-refractivity contribution is 0.206. The molecule has 0 saturated carbocycles. The molecular weight excluding hydrogens is 298 g/mol. The van der Waals surface area contributed by atoms with Gasteiger partial charge >= 0.3 is 0 Å². The van der Waals surface area contributed by atoms with Gasteiger partial charge in [0.25, 0.3) is 0 Å². The van der Waals surface area contributed by atoms with Crippen molar-refractivity contribution in [2.24, 2.45) is 5.92 Å². The van der Waals surface area contributed by atoms with E-state index in [9.17, 15) is 8.42 Å². The highest BCUT2D eigenvalue weighted by Gasteiger charge is 2.30. The van der Waals surface area contributed by atoms with Crippen molar-refractivity contribution in [1.82, 2.24) is 9.21 Å². The van der Waals surface area contributed by atoms with E-state index in [0.717, 1.165) is 19.4 Å². The fourth-order valence-electron chi connectivity index (χ4n) is 3.45. The van der Waals surface area contributed by atoms with E-state index in [0.29, 0.717) is 29.6 Å². The lowest BCUT2D eigenvalue weighted by Crippen LogP contribution is -2.41. The van der Waals surface area contributed by atoms with E-state index in [1.54, 1.807) is 28.6 Å². The van der Waals surface area contributed by atoms with Gasteiger partial charge in [-0.05, 0) is 69.0 Å². The molecule has 6 heteroatoms. The number of benzene rings is 1. The number of sulfonamides is 1. The summed E-state index contributed by atoms with van der Waals surface area (Å²) in [6.45, 7) is 4.82. The molecule has 2 N–H and O–H groups in total. The van der Waals surface area contributed by atoms with Gasteiger partial charge in [-0.1, -0.05) is 0 Å². The monoisotopic (exact) mass is 323 g/mol. The van der Waals surface area contributed by atoms with Gasteiger partial charge in [-0.3, -0.25) is 0 Å². The van der Waals surface area contributed by atoms with Gasteiger partial charge in [0.15, 0.2) is 0 Å². The van der Waals surface area contributed by atoms with Crippen LogP contribution in [0, 0.1) is 5.92 Å². The summed E-state index contributed by atoms with van der Waals surface area (Å²) in [5, 5.41) is 0. The van der Waals surface area contributed by atoms with E-state index in [1.165, 1.54) is 25.9 Å². The Bertz CT molecular complexity index is 586. The van der Waals surface area contributed by atoms with Gasteiger partial charge in [0.1, 0.15) is 0 Å². The maximum absolute atomic E-state index is 12.6. The summed E-state index contributed by atoms with van der Waals surface area (Å²) in [7, 11) is -3.37. The molecule has 0 radical (unpaired) electrons. The number of nitrogens with two attached hydrogens (primary N) is 1. The molecule has 2 fully saturated rings. The Morgan fingerprint density at radius 2 is 1.59 bits per heavy atom. The molecule has 0 unspecified atom stereocenters. The predicted molar refractivity (Wildman–Crippen MR) is 88.0 cm³/mol. The standard InChI is InChI=1S/C16H25N3O2S/c17-15-3-5-16(6-4-15)22(20,21)19-11-7-14(8-12-19)13-18-9-1-2-10-18/h3-6,14H,1-2,7-13,17H2. The van der Waals surface area contributed by atoms with Crippen molar-refractivity contribution in [3.05, 3.63) is 24.3 Å². The summed E-state index contributed by atoms with van der Waals surface area (Å²) < 4.78 is 26.9. The van der Waals surface area contributed by atoms with Crippen LogP contribution >= 0.6 is 0 Å². The van der Waals surface area contributed by atoms with Crippen molar-refractivity contribution in [3.63, 3.8) is 0 Å². The third-order valence-electron chi connectivity index (χ3n) is 4.81. The third kappa shape index (κ3) is 3.45. The quantitative estimate of drug-likeness (QED) is 0.858. The van der Waals surface area contributed by atoms with E-state index < -0.39 is 10.0 Å². The van der Waals surface area contributed by atoms with E-state index in [2.05, 4.69) is 4.90 Å². The maximum atomic E-state index is 12.6. The van der Waals surface area contributed by atoms with Crippen LogP contribution in [0.1, 0.15) is 25.7 Å². The molecule has 3 rings (SSSR count). The second-order valence-electron chi connectivity index (χ2n) is 6.42. The first-order valence-electron chi connectivity index (χ1n) is 8.14. The number of nitrogen functional groups attached to an aromatic ring is 1. The Morgan fingerprint density at radius 3 is 2.18 bits per heavy atom. The van der Waals surface area contributed by atoms with Crippen LogP contribution in [0.15, 0.2) is 29.2 Å². The third-order valence-corrected chi connectivity index (χ3v) is 6.72. The van der Waals surface area contributed by atoms with Crippen molar-refractivity contribution in [1.29, 1.82) is 0 Å². The average molecular weight is 323 g/mol. The number of nitrogens with zero attached hydrogens (tertiary/aromatic N) is 2. The molecule has 0 spiro atoms.